The summed E-state index contributed by atoms with van der Waals surface area (Å²) >= 11 is 2.02. The van der Waals surface area contributed by atoms with E-state index < -0.39 is 0 Å². The summed E-state index contributed by atoms with van der Waals surface area (Å²) in [5, 5.41) is 4.12. The van der Waals surface area contributed by atoms with E-state index in [4.69, 9.17) is 4.74 Å². The number of ether oxygens (including phenoxy) is 1. The largest absolute Gasteiger partial charge is 0.373 e. The van der Waals surface area contributed by atoms with Crippen molar-refractivity contribution in [2.24, 2.45) is 0 Å². The molecule has 0 saturated heterocycles. The average molecular weight is 279 g/mol. The summed E-state index contributed by atoms with van der Waals surface area (Å²) < 4.78 is 5.99. The fourth-order valence-electron chi connectivity index (χ4n) is 2.51. The third-order valence-electron chi connectivity index (χ3n) is 3.63. The fourth-order valence-corrected chi connectivity index (χ4v) is 3.43. The van der Waals surface area contributed by atoms with Crippen molar-refractivity contribution in [2.75, 3.05) is 19.4 Å². The summed E-state index contributed by atoms with van der Waals surface area (Å²) in [5.41, 5.74) is 2.86. The first-order valence-corrected chi connectivity index (χ1v) is 8.24. The maximum atomic E-state index is 5.99. The second kappa shape index (κ2) is 7.32. The average Bonchev–Trinajstić information content (AvgIpc) is 2.43. The van der Waals surface area contributed by atoms with Gasteiger partial charge < -0.3 is 10.1 Å². The first-order chi connectivity index (χ1) is 9.20. The monoisotopic (exact) mass is 279 g/mol. The molecule has 0 saturated carbocycles. The Morgan fingerprint density at radius 1 is 1.37 bits per heavy atom. The van der Waals surface area contributed by atoms with Crippen LogP contribution in [0.25, 0.3) is 0 Å². The van der Waals surface area contributed by atoms with Crippen molar-refractivity contribution in [1.82, 2.24) is 5.32 Å². The maximum Gasteiger partial charge on any atom is 0.0842 e. The van der Waals surface area contributed by atoms with E-state index in [1.54, 1.807) is 0 Å². The van der Waals surface area contributed by atoms with Crippen LogP contribution in [0.1, 0.15) is 37.5 Å². The highest BCUT2D eigenvalue weighted by molar-refractivity contribution is 7.99. The Bertz CT molecular complexity index is 394. The van der Waals surface area contributed by atoms with Gasteiger partial charge in [0.15, 0.2) is 0 Å². The molecule has 1 aromatic rings. The topological polar surface area (TPSA) is 21.3 Å². The molecule has 0 spiro atoms. The third kappa shape index (κ3) is 4.23. The second-order valence-corrected chi connectivity index (χ2v) is 7.02. The highest BCUT2D eigenvalue weighted by Crippen LogP contribution is 2.31. The van der Waals surface area contributed by atoms with Gasteiger partial charge in [0, 0.05) is 11.8 Å². The Hall–Kier alpha value is -0.510. The van der Waals surface area contributed by atoms with Crippen LogP contribution >= 0.6 is 11.8 Å². The predicted molar refractivity (Wildman–Crippen MR) is 83.9 cm³/mol. The van der Waals surface area contributed by atoms with E-state index in [0.29, 0.717) is 11.3 Å². The summed E-state index contributed by atoms with van der Waals surface area (Å²) in [4.78, 5) is 0. The number of rotatable bonds is 6. The summed E-state index contributed by atoms with van der Waals surface area (Å²) in [7, 11) is 2.06. The van der Waals surface area contributed by atoms with Gasteiger partial charge in [-0.1, -0.05) is 38.1 Å². The molecule has 1 aliphatic heterocycles. The Morgan fingerprint density at radius 2 is 2.16 bits per heavy atom. The molecule has 0 fully saturated rings. The molecule has 2 atom stereocenters. The van der Waals surface area contributed by atoms with Gasteiger partial charge in [0.2, 0.25) is 0 Å². The number of nitrogens with one attached hydrogen (secondary N) is 1. The third-order valence-corrected chi connectivity index (χ3v) is 4.89. The Kier molecular flexibility index (Phi) is 5.74. The molecule has 0 amide bonds. The van der Waals surface area contributed by atoms with Gasteiger partial charge >= 0.3 is 0 Å². The molecular formula is C16H25NOS. The van der Waals surface area contributed by atoms with Gasteiger partial charge in [-0.15, -0.1) is 0 Å². The zero-order valence-corrected chi connectivity index (χ0v) is 13.0. The zero-order valence-electron chi connectivity index (χ0n) is 12.2. The number of hydrogen-bond acceptors (Lipinski definition) is 3. The molecule has 2 rings (SSSR count). The first-order valence-electron chi connectivity index (χ1n) is 7.19. The van der Waals surface area contributed by atoms with Crippen LogP contribution in [0.3, 0.4) is 0 Å². The van der Waals surface area contributed by atoms with Gasteiger partial charge in [0.1, 0.15) is 0 Å². The quantitative estimate of drug-likeness (QED) is 0.862. The molecule has 0 aromatic heterocycles. The highest BCUT2D eigenvalue weighted by atomic mass is 32.2. The molecule has 0 radical (unpaired) electrons. The SMILES string of the molecule is CNC(CSC(C)C)CC1OCCc2ccccc21. The smallest absolute Gasteiger partial charge is 0.0842 e. The van der Waals surface area contributed by atoms with Crippen LogP contribution in [0.4, 0.5) is 0 Å². The van der Waals surface area contributed by atoms with E-state index in [2.05, 4.69) is 50.5 Å². The van der Waals surface area contributed by atoms with Gasteiger partial charge in [-0.3, -0.25) is 0 Å². The molecule has 1 aromatic carbocycles. The van der Waals surface area contributed by atoms with Crippen molar-refractivity contribution in [2.45, 2.75) is 44.1 Å². The van der Waals surface area contributed by atoms with Crippen LogP contribution in [0.2, 0.25) is 0 Å². The van der Waals surface area contributed by atoms with Gasteiger partial charge in [-0.25, -0.2) is 0 Å². The fraction of sp³-hybridized carbons (Fsp3) is 0.625. The lowest BCUT2D eigenvalue weighted by atomic mass is 9.94. The van der Waals surface area contributed by atoms with Crippen molar-refractivity contribution >= 4 is 11.8 Å². The number of hydrogen-bond donors (Lipinski definition) is 1. The van der Waals surface area contributed by atoms with Crippen LogP contribution in [-0.2, 0) is 11.2 Å². The van der Waals surface area contributed by atoms with Crippen LogP contribution in [0.5, 0.6) is 0 Å². The summed E-state index contributed by atoms with van der Waals surface area (Å²) in [6.07, 6.45) is 2.38. The molecule has 1 heterocycles. The van der Waals surface area contributed by atoms with Crippen LogP contribution in [0.15, 0.2) is 24.3 Å². The van der Waals surface area contributed by atoms with E-state index in [9.17, 15) is 0 Å². The molecule has 106 valence electrons. The molecule has 1 N–H and O–H groups in total. The lowest BCUT2D eigenvalue weighted by Gasteiger charge is -2.29. The normalized spacial score (nSPS) is 20.3. The molecule has 3 heteroatoms. The van der Waals surface area contributed by atoms with E-state index in [-0.39, 0.29) is 6.10 Å². The Morgan fingerprint density at radius 3 is 2.89 bits per heavy atom. The Balaban J connectivity index is 1.98. The number of benzene rings is 1. The lowest BCUT2D eigenvalue weighted by Crippen LogP contribution is -2.32. The van der Waals surface area contributed by atoms with Gasteiger partial charge in [0.05, 0.1) is 12.7 Å². The summed E-state index contributed by atoms with van der Waals surface area (Å²) in [6.45, 7) is 5.36. The van der Waals surface area contributed by atoms with Crippen LogP contribution < -0.4 is 5.32 Å². The standard InChI is InChI=1S/C16H25NOS/c1-12(2)19-11-14(17-3)10-16-15-7-5-4-6-13(15)8-9-18-16/h4-7,12,14,16-17H,8-11H2,1-3H3. The lowest BCUT2D eigenvalue weighted by molar-refractivity contribution is 0.0315. The van der Waals surface area contributed by atoms with Gasteiger partial charge in [0.25, 0.3) is 0 Å². The highest BCUT2D eigenvalue weighted by Gasteiger charge is 2.23. The number of thioether (sulfide) groups is 1. The van der Waals surface area contributed by atoms with E-state index in [1.165, 1.54) is 11.1 Å². The molecule has 0 aliphatic carbocycles. The van der Waals surface area contributed by atoms with E-state index in [1.807, 2.05) is 11.8 Å². The molecule has 19 heavy (non-hydrogen) atoms. The van der Waals surface area contributed by atoms with Crippen LogP contribution in [0, 0.1) is 0 Å². The van der Waals surface area contributed by atoms with E-state index >= 15 is 0 Å². The minimum absolute atomic E-state index is 0.259. The minimum atomic E-state index is 0.259. The van der Waals surface area contributed by atoms with Gasteiger partial charge in [-0.2, -0.15) is 11.8 Å². The van der Waals surface area contributed by atoms with Crippen molar-refractivity contribution in [1.29, 1.82) is 0 Å². The van der Waals surface area contributed by atoms with Crippen molar-refractivity contribution in [3.05, 3.63) is 35.4 Å². The maximum absolute atomic E-state index is 5.99. The summed E-state index contributed by atoms with van der Waals surface area (Å²) in [5.74, 6) is 1.15. The number of fused-ring (bicyclic) bond motifs is 1. The van der Waals surface area contributed by atoms with Crippen molar-refractivity contribution < 1.29 is 4.74 Å². The van der Waals surface area contributed by atoms with Crippen LogP contribution in [-0.4, -0.2) is 30.7 Å². The zero-order chi connectivity index (χ0) is 13.7. The minimum Gasteiger partial charge on any atom is -0.373 e. The second-order valence-electron chi connectivity index (χ2n) is 5.41. The predicted octanol–water partition coefficient (Wildman–Crippen LogP) is 3.42. The molecule has 2 unspecified atom stereocenters. The van der Waals surface area contributed by atoms with Crippen molar-refractivity contribution in [3.8, 4) is 0 Å². The molecule has 1 aliphatic rings. The van der Waals surface area contributed by atoms with E-state index in [0.717, 1.165) is 25.2 Å². The molecular weight excluding hydrogens is 254 g/mol. The Labute approximate surface area is 121 Å². The summed E-state index contributed by atoms with van der Waals surface area (Å²) in [6, 6.07) is 9.23. The molecule has 2 nitrogen and oxygen atoms in total. The molecule has 0 bridgehead atoms. The van der Waals surface area contributed by atoms with Gasteiger partial charge in [-0.05, 0) is 36.3 Å². The van der Waals surface area contributed by atoms with Crippen molar-refractivity contribution in [3.63, 3.8) is 0 Å². The first kappa shape index (κ1) is 14.9.